The number of ether oxygens (including phenoxy) is 3. The third kappa shape index (κ3) is 4.85. The van der Waals surface area contributed by atoms with Crippen molar-refractivity contribution >= 4 is 40.5 Å². The van der Waals surface area contributed by atoms with Crippen LogP contribution in [0.3, 0.4) is 0 Å². The summed E-state index contributed by atoms with van der Waals surface area (Å²) in [5.41, 5.74) is 7.30. The molecule has 0 aliphatic carbocycles. The standard InChI is InChI=1S/C25H20Cl2N2O4S/c1-2-3-8-31-23-18(26)10-14(11-19(23)27)25(30)32-15-6-7-16-20(12-15)33-24(29)17(13-28)22(16)21-5-4-9-34-21/h4-7,9-12,22H,2-3,8,29H2,1H3. The smallest absolute Gasteiger partial charge is 0.343 e. The lowest BCUT2D eigenvalue weighted by Gasteiger charge is -2.25. The van der Waals surface area contributed by atoms with Crippen molar-refractivity contribution in [1.82, 2.24) is 0 Å². The fourth-order valence-electron chi connectivity index (χ4n) is 3.55. The lowest BCUT2D eigenvalue weighted by atomic mass is 9.88. The van der Waals surface area contributed by atoms with Crippen molar-refractivity contribution in [2.24, 2.45) is 5.73 Å². The van der Waals surface area contributed by atoms with Crippen LogP contribution in [-0.4, -0.2) is 12.6 Å². The highest BCUT2D eigenvalue weighted by molar-refractivity contribution is 7.10. The van der Waals surface area contributed by atoms with Gasteiger partial charge >= 0.3 is 5.97 Å². The van der Waals surface area contributed by atoms with Gasteiger partial charge in [-0.25, -0.2) is 4.79 Å². The number of unbranched alkanes of at least 4 members (excludes halogenated alkanes) is 1. The molecule has 0 radical (unpaired) electrons. The van der Waals surface area contributed by atoms with Crippen LogP contribution in [0.4, 0.5) is 0 Å². The number of benzene rings is 2. The first kappa shape index (κ1) is 24.0. The molecule has 0 bridgehead atoms. The number of nitrogens with two attached hydrogens (primary N) is 1. The highest BCUT2D eigenvalue weighted by Gasteiger charge is 2.31. The zero-order valence-corrected chi connectivity index (χ0v) is 20.5. The number of fused-ring (bicyclic) bond motifs is 1. The van der Waals surface area contributed by atoms with E-state index < -0.39 is 5.97 Å². The quantitative estimate of drug-likeness (QED) is 0.215. The average molecular weight is 515 g/mol. The number of hydrogen-bond acceptors (Lipinski definition) is 7. The molecule has 9 heteroatoms. The summed E-state index contributed by atoms with van der Waals surface area (Å²) in [4.78, 5) is 13.7. The molecular weight excluding hydrogens is 495 g/mol. The van der Waals surface area contributed by atoms with Crippen LogP contribution in [0.1, 0.15) is 46.5 Å². The van der Waals surface area contributed by atoms with Crippen LogP contribution in [0.15, 0.2) is 59.3 Å². The third-order valence-electron chi connectivity index (χ3n) is 5.21. The Balaban J connectivity index is 1.57. The van der Waals surface area contributed by atoms with Gasteiger partial charge in [-0.15, -0.1) is 11.3 Å². The van der Waals surface area contributed by atoms with Crippen molar-refractivity contribution in [3.8, 4) is 23.3 Å². The number of allylic oxidation sites excluding steroid dienone is 1. The first-order valence-electron chi connectivity index (χ1n) is 10.5. The number of hydrogen-bond donors (Lipinski definition) is 1. The molecule has 0 saturated heterocycles. The predicted octanol–water partition coefficient (Wildman–Crippen LogP) is 6.67. The molecule has 1 aliphatic heterocycles. The van der Waals surface area contributed by atoms with Crippen molar-refractivity contribution in [1.29, 1.82) is 5.26 Å². The van der Waals surface area contributed by atoms with Crippen LogP contribution in [0, 0.1) is 11.3 Å². The predicted molar refractivity (Wildman–Crippen MR) is 132 cm³/mol. The Bertz CT molecular complexity index is 1280. The molecular formula is C25H20Cl2N2O4S. The summed E-state index contributed by atoms with van der Waals surface area (Å²) in [7, 11) is 0. The van der Waals surface area contributed by atoms with E-state index in [0.29, 0.717) is 23.7 Å². The number of esters is 1. The Morgan fingerprint density at radius 1 is 1.24 bits per heavy atom. The Hall–Kier alpha value is -3.18. The second-order valence-corrected chi connectivity index (χ2v) is 9.29. The summed E-state index contributed by atoms with van der Waals surface area (Å²) in [6.45, 7) is 2.53. The Morgan fingerprint density at radius 2 is 2.00 bits per heavy atom. The summed E-state index contributed by atoms with van der Waals surface area (Å²) in [5.74, 6) is 0.0280. The summed E-state index contributed by atoms with van der Waals surface area (Å²) in [5, 5.41) is 12.0. The molecule has 174 valence electrons. The van der Waals surface area contributed by atoms with Gasteiger partial charge in [-0.05, 0) is 36.1 Å². The minimum atomic E-state index is -0.643. The van der Waals surface area contributed by atoms with Crippen molar-refractivity contribution in [3.05, 3.63) is 85.4 Å². The summed E-state index contributed by atoms with van der Waals surface area (Å²) in [6.07, 6.45) is 1.83. The van der Waals surface area contributed by atoms with E-state index in [2.05, 4.69) is 6.07 Å². The highest BCUT2D eigenvalue weighted by atomic mass is 35.5. The van der Waals surface area contributed by atoms with Gasteiger partial charge < -0.3 is 19.9 Å². The Labute approximate surface area is 211 Å². The Morgan fingerprint density at radius 3 is 2.65 bits per heavy atom. The molecule has 1 aliphatic rings. The van der Waals surface area contributed by atoms with Gasteiger partial charge in [0.05, 0.1) is 28.1 Å². The number of nitrogens with zero attached hydrogens (tertiary/aromatic N) is 1. The van der Waals surface area contributed by atoms with E-state index in [0.717, 1.165) is 23.3 Å². The molecule has 2 aromatic carbocycles. The molecule has 4 rings (SSSR count). The Kier molecular flexibility index (Phi) is 7.32. The van der Waals surface area contributed by atoms with E-state index in [1.165, 1.54) is 23.5 Å². The number of carbonyl (C=O) groups is 1. The molecule has 2 N–H and O–H groups in total. The first-order valence-corrected chi connectivity index (χ1v) is 12.2. The summed E-state index contributed by atoms with van der Waals surface area (Å²) < 4.78 is 16.8. The fraction of sp³-hybridized carbons (Fsp3) is 0.200. The molecule has 0 spiro atoms. The molecule has 1 aromatic heterocycles. The SMILES string of the molecule is CCCCOc1c(Cl)cc(C(=O)Oc2ccc3c(c2)OC(N)=C(C#N)C3c2cccs2)cc1Cl. The molecule has 3 aromatic rings. The maximum atomic E-state index is 12.8. The van der Waals surface area contributed by atoms with Gasteiger partial charge in [0.1, 0.15) is 23.1 Å². The van der Waals surface area contributed by atoms with Crippen LogP contribution in [0.2, 0.25) is 10.0 Å². The van der Waals surface area contributed by atoms with Crippen LogP contribution in [0.5, 0.6) is 17.2 Å². The molecule has 0 fully saturated rings. The molecule has 0 saturated carbocycles. The van der Waals surface area contributed by atoms with Crippen molar-refractivity contribution < 1.29 is 19.0 Å². The number of rotatable bonds is 7. The zero-order valence-electron chi connectivity index (χ0n) is 18.1. The maximum absolute atomic E-state index is 12.8. The highest BCUT2D eigenvalue weighted by Crippen LogP contribution is 2.44. The second-order valence-electron chi connectivity index (χ2n) is 7.50. The van der Waals surface area contributed by atoms with Crippen LogP contribution < -0.4 is 19.9 Å². The van der Waals surface area contributed by atoms with Crippen LogP contribution in [0.25, 0.3) is 0 Å². The average Bonchev–Trinajstić information content (AvgIpc) is 3.34. The minimum absolute atomic E-state index is 0.0223. The lowest BCUT2D eigenvalue weighted by Crippen LogP contribution is -2.20. The van der Waals surface area contributed by atoms with Crippen molar-refractivity contribution in [3.63, 3.8) is 0 Å². The van der Waals surface area contributed by atoms with Gasteiger partial charge in [0.15, 0.2) is 5.75 Å². The monoisotopic (exact) mass is 514 g/mol. The van der Waals surface area contributed by atoms with Gasteiger partial charge in [-0.1, -0.05) is 48.7 Å². The molecule has 0 amide bonds. The molecule has 6 nitrogen and oxygen atoms in total. The zero-order chi connectivity index (χ0) is 24.2. The van der Waals surface area contributed by atoms with Gasteiger partial charge in [-0.2, -0.15) is 5.26 Å². The maximum Gasteiger partial charge on any atom is 0.343 e. The topological polar surface area (TPSA) is 94.6 Å². The number of halogens is 2. The lowest BCUT2D eigenvalue weighted by molar-refractivity contribution is 0.0734. The second kappa shape index (κ2) is 10.4. The fourth-order valence-corrected chi connectivity index (χ4v) is 5.00. The minimum Gasteiger partial charge on any atom is -0.490 e. The summed E-state index contributed by atoms with van der Waals surface area (Å²) in [6, 6.07) is 13.9. The van der Waals surface area contributed by atoms with Gasteiger partial charge in [0.2, 0.25) is 5.88 Å². The molecule has 2 heterocycles. The van der Waals surface area contributed by atoms with E-state index in [1.54, 1.807) is 18.2 Å². The van der Waals surface area contributed by atoms with Crippen LogP contribution >= 0.6 is 34.5 Å². The van der Waals surface area contributed by atoms with Gasteiger partial charge in [0, 0.05) is 16.5 Å². The van der Waals surface area contributed by atoms with E-state index in [1.807, 2.05) is 24.4 Å². The summed E-state index contributed by atoms with van der Waals surface area (Å²) >= 11 is 14.1. The van der Waals surface area contributed by atoms with E-state index in [9.17, 15) is 10.1 Å². The molecule has 1 atom stereocenters. The number of nitriles is 1. The molecule has 34 heavy (non-hydrogen) atoms. The van der Waals surface area contributed by atoms with E-state index >= 15 is 0 Å². The van der Waals surface area contributed by atoms with Gasteiger partial charge in [-0.3, -0.25) is 0 Å². The van der Waals surface area contributed by atoms with Gasteiger partial charge in [0.25, 0.3) is 0 Å². The molecule has 1 unspecified atom stereocenters. The largest absolute Gasteiger partial charge is 0.490 e. The van der Waals surface area contributed by atoms with Crippen LogP contribution in [-0.2, 0) is 0 Å². The van der Waals surface area contributed by atoms with E-state index in [4.69, 9.17) is 43.1 Å². The normalized spacial score (nSPS) is 14.7. The third-order valence-corrected chi connectivity index (χ3v) is 6.71. The van der Waals surface area contributed by atoms with Crippen molar-refractivity contribution in [2.45, 2.75) is 25.7 Å². The number of thiophene rings is 1. The van der Waals surface area contributed by atoms with E-state index in [-0.39, 0.29) is 33.2 Å². The first-order chi connectivity index (χ1) is 16.4. The van der Waals surface area contributed by atoms with Crippen molar-refractivity contribution in [2.75, 3.05) is 6.61 Å². The number of carbonyl (C=O) groups excluding carboxylic acids is 1.